The number of rotatable bonds is 3. The summed E-state index contributed by atoms with van der Waals surface area (Å²) in [4.78, 5) is 0. The third-order valence-corrected chi connectivity index (χ3v) is 0.557. The highest BCUT2D eigenvalue weighted by Gasteiger charge is 1.69. The lowest BCUT2D eigenvalue weighted by Crippen LogP contribution is -1.67. The Bertz CT molecular complexity index is 90.3. The van der Waals surface area contributed by atoms with Crippen LogP contribution in [0.5, 0.6) is 0 Å². The van der Waals surface area contributed by atoms with Crippen LogP contribution >= 0.6 is 0 Å². The van der Waals surface area contributed by atoms with Crippen molar-refractivity contribution in [1.29, 1.82) is 10.8 Å². The predicted molar refractivity (Wildman–Crippen MR) is 30.3 cm³/mol. The molecule has 0 bridgehead atoms. The van der Waals surface area contributed by atoms with Gasteiger partial charge < -0.3 is 5.41 Å². The van der Waals surface area contributed by atoms with E-state index in [0.29, 0.717) is 0 Å². The molecule has 0 saturated heterocycles. The van der Waals surface area contributed by atoms with Crippen molar-refractivity contribution in [3.05, 3.63) is 6.08 Å². The van der Waals surface area contributed by atoms with E-state index in [0.717, 1.165) is 12.8 Å². The van der Waals surface area contributed by atoms with Crippen LogP contribution in [0.3, 0.4) is 0 Å². The number of unbranched alkanes of at least 4 members (excludes halogenated alkanes) is 1. The Kier molecular flexibility index (Phi) is 4.48. The van der Waals surface area contributed by atoms with Crippen LogP contribution in [0.1, 0.15) is 12.8 Å². The van der Waals surface area contributed by atoms with E-state index in [4.69, 9.17) is 10.8 Å². The Balaban J connectivity index is 2.97. The molecular formula is C5H8N2. The van der Waals surface area contributed by atoms with Gasteiger partial charge in [0.2, 0.25) is 0 Å². The van der Waals surface area contributed by atoms with Gasteiger partial charge in [0.05, 0.1) is 0 Å². The molecule has 0 aliphatic rings. The Morgan fingerprint density at radius 1 is 1.43 bits per heavy atom. The predicted octanol–water partition coefficient (Wildman–Crippen LogP) is 1.22. The lowest BCUT2D eigenvalue weighted by atomic mass is 10.3. The molecule has 0 rings (SSSR count). The van der Waals surface area contributed by atoms with E-state index in [1.807, 2.05) is 0 Å². The summed E-state index contributed by atoms with van der Waals surface area (Å²) in [5.41, 5.74) is 0. The van der Waals surface area contributed by atoms with Crippen LogP contribution in [0, 0.1) is 10.8 Å². The van der Waals surface area contributed by atoms with E-state index in [9.17, 15) is 0 Å². The Morgan fingerprint density at radius 3 is 2.57 bits per heavy atom. The molecule has 0 saturated carbocycles. The molecule has 0 unspecified atom stereocenters. The highest BCUT2D eigenvalue weighted by Crippen LogP contribution is 1.80. The fourth-order valence-electron chi connectivity index (χ4n) is 0.239. The maximum atomic E-state index is 6.55. The average Bonchev–Trinajstić information content (AvgIpc) is 1.69. The molecule has 0 aliphatic carbocycles. The van der Waals surface area contributed by atoms with E-state index >= 15 is 0 Å². The number of hydrogen-bond donors (Lipinski definition) is 2. The summed E-state index contributed by atoms with van der Waals surface area (Å²) in [6.07, 6.45) is 4.43. The van der Waals surface area contributed by atoms with Gasteiger partial charge in [-0.1, -0.05) is 0 Å². The molecule has 0 radical (unpaired) electrons. The third-order valence-electron chi connectivity index (χ3n) is 0.557. The van der Waals surface area contributed by atoms with E-state index in [-0.39, 0.29) is 0 Å². The first-order chi connectivity index (χ1) is 3.41. The standard InChI is InChI=1S/C5H8N2/c6-4-2-1-3-5-7/h2,5-7H,1,3H2. The Labute approximate surface area is 42.9 Å². The molecule has 2 nitrogen and oxygen atoms in total. The van der Waals surface area contributed by atoms with Crippen molar-refractivity contribution in [2.24, 2.45) is 0 Å². The van der Waals surface area contributed by atoms with Gasteiger partial charge in [-0.15, -0.1) is 0 Å². The minimum Gasteiger partial charge on any atom is -0.313 e. The fraction of sp³-hybridized carbons (Fsp3) is 0.400. The normalized spacial score (nSPS) is 6.86. The van der Waals surface area contributed by atoms with Gasteiger partial charge in [0.15, 0.2) is 0 Å². The average molecular weight is 96.1 g/mol. The molecule has 0 aromatic carbocycles. The van der Waals surface area contributed by atoms with Gasteiger partial charge in [-0.25, -0.2) is 0 Å². The summed E-state index contributed by atoms with van der Waals surface area (Å²) in [6.45, 7) is 0. The highest BCUT2D eigenvalue weighted by molar-refractivity contribution is 5.55. The van der Waals surface area contributed by atoms with Crippen LogP contribution < -0.4 is 0 Å². The van der Waals surface area contributed by atoms with E-state index in [1.54, 1.807) is 6.08 Å². The smallest absolute Gasteiger partial charge is 0.00444 e. The molecule has 0 aliphatic heterocycles. The number of hydrogen-bond acceptors (Lipinski definition) is 2. The van der Waals surface area contributed by atoms with Gasteiger partial charge >= 0.3 is 0 Å². The van der Waals surface area contributed by atoms with Crippen LogP contribution in [0.4, 0.5) is 0 Å². The second kappa shape index (κ2) is 5.12. The zero-order chi connectivity index (χ0) is 5.54. The number of nitrogens with one attached hydrogen (secondary N) is 2. The first-order valence-electron chi connectivity index (χ1n) is 2.14. The van der Waals surface area contributed by atoms with Crippen molar-refractivity contribution in [2.75, 3.05) is 0 Å². The van der Waals surface area contributed by atoms with Crippen LogP contribution in [0.25, 0.3) is 0 Å². The molecule has 0 aromatic rings. The van der Waals surface area contributed by atoms with Crippen molar-refractivity contribution in [2.45, 2.75) is 12.8 Å². The molecule has 2 N–H and O–H groups in total. The van der Waals surface area contributed by atoms with Crippen molar-refractivity contribution in [1.82, 2.24) is 0 Å². The molecule has 7 heavy (non-hydrogen) atoms. The molecule has 0 fully saturated rings. The molecular weight excluding hydrogens is 88.1 g/mol. The fourth-order valence-corrected chi connectivity index (χ4v) is 0.239. The van der Waals surface area contributed by atoms with Crippen molar-refractivity contribution in [3.63, 3.8) is 0 Å². The van der Waals surface area contributed by atoms with Gasteiger partial charge in [0.1, 0.15) is 0 Å². The van der Waals surface area contributed by atoms with Crippen LogP contribution in [0.2, 0.25) is 0 Å². The van der Waals surface area contributed by atoms with E-state index < -0.39 is 0 Å². The Morgan fingerprint density at radius 2 is 2.14 bits per heavy atom. The van der Waals surface area contributed by atoms with E-state index in [2.05, 4.69) is 5.87 Å². The van der Waals surface area contributed by atoms with Gasteiger partial charge in [-0.3, -0.25) is 5.41 Å². The van der Waals surface area contributed by atoms with Crippen LogP contribution in [-0.4, -0.2) is 12.1 Å². The molecule has 0 heterocycles. The quantitative estimate of drug-likeness (QED) is 0.392. The lowest BCUT2D eigenvalue weighted by molar-refractivity contribution is 1.12. The largest absolute Gasteiger partial charge is 0.313 e. The maximum absolute atomic E-state index is 6.55. The van der Waals surface area contributed by atoms with E-state index in [1.165, 1.54) is 6.21 Å². The molecule has 0 amide bonds. The summed E-state index contributed by atoms with van der Waals surface area (Å²) >= 11 is 0. The second-order valence-corrected chi connectivity index (χ2v) is 1.13. The highest BCUT2D eigenvalue weighted by atomic mass is 14.3. The maximum Gasteiger partial charge on any atom is -0.00444 e. The molecule has 2 heteroatoms. The first-order valence-corrected chi connectivity index (χ1v) is 2.14. The summed E-state index contributed by atoms with van der Waals surface area (Å²) < 4.78 is 0. The van der Waals surface area contributed by atoms with Crippen molar-refractivity contribution in [3.8, 4) is 0 Å². The summed E-state index contributed by atoms with van der Waals surface area (Å²) in [5.74, 6) is 2.12. The van der Waals surface area contributed by atoms with Gasteiger partial charge in [0, 0.05) is 0 Å². The van der Waals surface area contributed by atoms with Gasteiger partial charge in [-0.2, -0.15) is 0 Å². The molecule has 0 spiro atoms. The first kappa shape index (κ1) is 6.12. The monoisotopic (exact) mass is 96.1 g/mol. The topological polar surface area (TPSA) is 47.7 Å². The lowest BCUT2D eigenvalue weighted by Gasteiger charge is -1.74. The third kappa shape index (κ3) is 5.12. The molecule has 38 valence electrons. The van der Waals surface area contributed by atoms with Crippen LogP contribution in [-0.2, 0) is 0 Å². The summed E-state index contributed by atoms with van der Waals surface area (Å²) in [5, 5.41) is 12.9. The zero-order valence-corrected chi connectivity index (χ0v) is 4.07. The minimum absolute atomic E-state index is 0.728. The zero-order valence-electron chi connectivity index (χ0n) is 4.07. The summed E-state index contributed by atoms with van der Waals surface area (Å²) in [7, 11) is 0. The van der Waals surface area contributed by atoms with Crippen molar-refractivity contribution >= 4 is 12.1 Å². The van der Waals surface area contributed by atoms with Gasteiger partial charge in [0.25, 0.3) is 0 Å². The minimum atomic E-state index is 0.728. The van der Waals surface area contributed by atoms with Gasteiger partial charge in [-0.05, 0) is 31.0 Å². The SMILES string of the molecule is N=C=CCCC=N. The number of allylic oxidation sites excluding steroid dienone is 1. The second-order valence-electron chi connectivity index (χ2n) is 1.13. The Hall–Kier alpha value is -0.880. The molecule has 0 aromatic heterocycles. The van der Waals surface area contributed by atoms with Crippen molar-refractivity contribution < 1.29 is 0 Å². The summed E-state index contributed by atoms with van der Waals surface area (Å²) in [6, 6.07) is 0. The molecule has 0 atom stereocenters. The van der Waals surface area contributed by atoms with Crippen LogP contribution in [0.15, 0.2) is 6.08 Å².